The van der Waals surface area contributed by atoms with Gasteiger partial charge in [0.1, 0.15) is 5.75 Å². The quantitative estimate of drug-likeness (QED) is 0.287. The van der Waals surface area contributed by atoms with Crippen molar-refractivity contribution in [3.05, 3.63) is 89.0 Å². The summed E-state index contributed by atoms with van der Waals surface area (Å²) in [5, 5.41) is 18.8. The first-order valence-corrected chi connectivity index (χ1v) is 11.8. The minimum absolute atomic E-state index is 0.160. The number of phenolic OH excluding ortho intramolecular Hbond substituents is 1. The first-order valence-electron chi connectivity index (χ1n) is 11.8. The van der Waals surface area contributed by atoms with Gasteiger partial charge in [0.25, 0.3) is 5.91 Å². The summed E-state index contributed by atoms with van der Waals surface area (Å²) in [6, 6.07) is 19.3. The molecule has 7 heteroatoms. The van der Waals surface area contributed by atoms with Crippen molar-refractivity contribution in [1.29, 1.82) is 0 Å². The topological polar surface area (TPSA) is 100 Å². The zero-order valence-electron chi connectivity index (χ0n) is 21.6. The number of nitrogens with one attached hydrogen (secondary N) is 1. The molecule has 3 rings (SSSR count). The van der Waals surface area contributed by atoms with Gasteiger partial charge in [-0.05, 0) is 52.8 Å². The van der Waals surface area contributed by atoms with Crippen molar-refractivity contribution < 1.29 is 19.5 Å². The number of azo groups is 1. The van der Waals surface area contributed by atoms with E-state index in [1.165, 1.54) is 0 Å². The number of aromatic hydroxyl groups is 1. The van der Waals surface area contributed by atoms with Crippen molar-refractivity contribution in [3.63, 3.8) is 0 Å². The van der Waals surface area contributed by atoms with Crippen molar-refractivity contribution in [2.24, 2.45) is 10.2 Å². The summed E-state index contributed by atoms with van der Waals surface area (Å²) in [7, 11) is 0. The molecule has 0 saturated heterocycles. The summed E-state index contributed by atoms with van der Waals surface area (Å²) in [5.41, 5.74) is 5.54. The van der Waals surface area contributed by atoms with Gasteiger partial charge in [0.05, 0.1) is 17.8 Å². The maximum atomic E-state index is 12.9. The highest BCUT2D eigenvalue weighted by molar-refractivity contribution is 5.95. The molecule has 0 aliphatic carbocycles. The number of rotatable bonds is 6. The Balaban J connectivity index is 1.68. The highest BCUT2D eigenvalue weighted by Gasteiger charge is 2.27. The minimum atomic E-state index is -0.497. The lowest BCUT2D eigenvalue weighted by Crippen LogP contribution is -2.18. The normalized spacial score (nSPS) is 11.9. The van der Waals surface area contributed by atoms with Gasteiger partial charge in [0.2, 0.25) is 0 Å². The van der Waals surface area contributed by atoms with Gasteiger partial charge in [-0.1, -0.05) is 71.9 Å². The molecule has 0 aromatic heterocycles. The summed E-state index contributed by atoms with van der Waals surface area (Å²) in [4.78, 5) is 30.0. The molecule has 0 aliphatic heterocycles. The van der Waals surface area contributed by atoms with E-state index in [0.29, 0.717) is 28.1 Å². The van der Waals surface area contributed by atoms with Crippen LogP contribution in [0.2, 0.25) is 0 Å². The van der Waals surface area contributed by atoms with Crippen LogP contribution in [-0.4, -0.2) is 17.0 Å². The molecular weight excluding hydrogens is 454 g/mol. The first kappa shape index (κ1) is 26.6. The van der Waals surface area contributed by atoms with Crippen LogP contribution in [0, 0.1) is 0 Å². The fourth-order valence-electron chi connectivity index (χ4n) is 3.57. The van der Waals surface area contributed by atoms with Crippen LogP contribution >= 0.6 is 0 Å². The molecule has 3 aromatic carbocycles. The van der Waals surface area contributed by atoms with Gasteiger partial charge in [-0.2, -0.15) is 0 Å². The molecule has 0 fully saturated rings. The van der Waals surface area contributed by atoms with E-state index in [-0.39, 0.29) is 23.0 Å². The van der Waals surface area contributed by atoms with Crippen LogP contribution in [0.4, 0.5) is 11.4 Å². The van der Waals surface area contributed by atoms with E-state index in [0.717, 1.165) is 5.56 Å². The van der Waals surface area contributed by atoms with Crippen LogP contribution in [-0.2, 0) is 26.9 Å². The van der Waals surface area contributed by atoms with Crippen molar-refractivity contribution in [2.75, 3.05) is 5.48 Å². The van der Waals surface area contributed by atoms with Gasteiger partial charge in [-0.25, -0.2) is 10.3 Å². The Labute approximate surface area is 212 Å². The number of nitrogens with zero attached hydrogens (tertiary/aromatic N) is 2. The van der Waals surface area contributed by atoms with Gasteiger partial charge >= 0.3 is 5.97 Å². The molecule has 0 unspecified atom stereocenters. The Hall–Kier alpha value is -4.00. The molecule has 0 spiro atoms. The van der Waals surface area contributed by atoms with Gasteiger partial charge < -0.3 is 9.94 Å². The molecule has 0 bridgehead atoms. The van der Waals surface area contributed by atoms with Crippen LogP contribution < -0.4 is 5.48 Å². The van der Waals surface area contributed by atoms with Crippen molar-refractivity contribution >= 4 is 23.3 Å². The summed E-state index contributed by atoms with van der Waals surface area (Å²) >= 11 is 0. The van der Waals surface area contributed by atoms with Crippen LogP contribution in [0.3, 0.4) is 0 Å². The van der Waals surface area contributed by atoms with E-state index >= 15 is 0 Å². The smallest absolute Gasteiger partial charge is 0.336 e. The number of anilines is 1. The number of carbonyl (C=O) groups excluding carboxylic acids is 2. The molecule has 0 aliphatic rings. The van der Waals surface area contributed by atoms with E-state index in [4.69, 9.17) is 4.84 Å². The number of phenols is 1. The largest absolute Gasteiger partial charge is 0.507 e. The van der Waals surface area contributed by atoms with Gasteiger partial charge in [0, 0.05) is 16.7 Å². The Morgan fingerprint density at radius 1 is 0.861 bits per heavy atom. The molecule has 188 valence electrons. The average molecular weight is 488 g/mol. The van der Waals surface area contributed by atoms with E-state index in [1.54, 1.807) is 36.4 Å². The van der Waals surface area contributed by atoms with E-state index < -0.39 is 11.9 Å². The Bertz CT molecular complexity index is 1220. The zero-order chi connectivity index (χ0) is 26.5. The van der Waals surface area contributed by atoms with Crippen LogP contribution in [0.5, 0.6) is 5.75 Å². The second kappa shape index (κ2) is 10.7. The highest BCUT2D eigenvalue weighted by atomic mass is 16.7. The summed E-state index contributed by atoms with van der Waals surface area (Å²) < 4.78 is 0. The van der Waals surface area contributed by atoms with Crippen LogP contribution in [0.1, 0.15) is 68.6 Å². The standard InChI is InChI=1S/C29H33N3O4/c1-28(2,3)23-17-20(18-24(26(23)34)29(4,5)6)27(35)31-30-21-12-14-22(15-13-21)32-36-25(33)16-19-10-8-7-9-11-19/h7-15,17-18,32,34H,16H2,1-6H3. The molecule has 7 nitrogen and oxygen atoms in total. The number of hydrogen-bond donors (Lipinski definition) is 2. The van der Waals surface area contributed by atoms with E-state index in [1.807, 2.05) is 71.9 Å². The fraction of sp³-hybridized carbons (Fsp3) is 0.310. The highest BCUT2D eigenvalue weighted by Crippen LogP contribution is 2.40. The summed E-state index contributed by atoms with van der Waals surface area (Å²) in [5.74, 6) is -0.701. The molecule has 0 saturated carbocycles. The third kappa shape index (κ3) is 7.01. The molecule has 36 heavy (non-hydrogen) atoms. The maximum absolute atomic E-state index is 12.9. The zero-order valence-corrected chi connectivity index (χ0v) is 21.6. The summed E-state index contributed by atoms with van der Waals surface area (Å²) in [6.07, 6.45) is 0.160. The van der Waals surface area contributed by atoms with Gasteiger partial charge in [-0.15, -0.1) is 10.2 Å². The van der Waals surface area contributed by atoms with Gasteiger partial charge in [-0.3, -0.25) is 4.79 Å². The number of carbonyl (C=O) groups is 2. The Morgan fingerprint density at radius 2 is 1.42 bits per heavy atom. The van der Waals surface area contributed by atoms with Crippen molar-refractivity contribution in [2.45, 2.75) is 58.8 Å². The number of benzene rings is 3. The van der Waals surface area contributed by atoms with Crippen LogP contribution in [0.25, 0.3) is 0 Å². The average Bonchev–Trinajstić information content (AvgIpc) is 2.81. The van der Waals surface area contributed by atoms with Crippen molar-refractivity contribution in [3.8, 4) is 5.75 Å². The molecule has 0 heterocycles. The van der Waals surface area contributed by atoms with Crippen LogP contribution in [0.15, 0.2) is 77.0 Å². The van der Waals surface area contributed by atoms with E-state index in [9.17, 15) is 14.7 Å². The third-order valence-corrected chi connectivity index (χ3v) is 5.57. The number of hydrogen-bond acceptors (Lipinski definition) is 6. The Morgan fingerprint density at radius 3 is 1.94 bits per heavy atom. The summed E-state index contributed by atoms with van der Waals surface area (Å²) in [6.45, 7) is 11.9. The number of amides is 1. The fourth-order valence-corrected chi connectivity index (χ4v) is 3.57. The second-order valence-electron chi connectivity index (χ2n) is 10.7. The molecule has 3 aromatic rings. The molecule has 1 amide bonds. The van der Waals surface area contributed by atoms with E-state index in [2.05, 4.69) is 15.7 Å². The Kier molecular flexibility index (Phi) is 7.93. The SMILES string of the molecule is CC(C)(C)c1cc(C(=O)N=Nc2ccc(NOC(=O)Cc3ccccc3)cc2)cc(C(C)(C)C)c1O. The molecule has 0 radical (unpaired) electrons. The lowest BCUT2D eigenvalue weighted by molar-refractivity contribution is -0.139. The molecular formula is C29H33N3O4. The van der Waals surface area contributed by atoms with Gasteiger partial charge in [0.15, 0.2) is 0 Å². The third-order valence-electron chi connectivity index (χ3n) is 5.57. The lowest BCUT2D eigenvalue weighted by Gasteiger charge is -2.27. The molecule has 0 atom stereocenters. The predicted octanol–water partition coefficient (Wildman–Crippen LogP) is 7.02. The van der Waals surface area contributed by atoms with Crippen molar-refractivity contribution in [1.82, 2.24) is 0 Å². The lowest BCUT2D eigenvalue weighted by atomic mass is 9.78. The minimum Gasteiger partial charge on any atom is -0.507 e. The predicted molar refractivity (Wildman–Crippen MR) is 141 cm³/mol. The maximum Gasteiger partial charge on any atom is 0.336 e. The first-order chi connectivity index (χ1) is 16.8. The molecule has 2 N–H and O–H groups in total. The monoisotopic (exact) mass is 487 g/mol. The second-order valence-corrected chi connectivity index (χ2v) is 10.7.